The van der Waals surface area contributed by atoms with Crippen LogP contribution in [0.15, 0.2) is 0 Å². The maximum absolute atomic E-state index is 9.16. The maximum Gasteiger partial charge on any atom is 0.0506 e. The van der Waals surface area contributed by atoms with E-state index < -0.39 is 0 Å². The van der Waals surface area contributed by atoms with Gasteiger partial charge in [-0.05, 0) is 12.3 Å². The molecule has 1 saturated carbocycles. The van der Waals surface area contributed by atoms with Crippen molar-refractivity contribution in [2.45, 2.75) is 45.4 Å². The van der Waals surface area contributed by atoms with Crippen molar-refractivity contribution < 1.29 is 10.2 Å². The van der Waals surface area contributed by atoms with Crippen molar-refractivity contribution in [3.8, 4) is 0 Å². The van der Waals surface area contributed by atoms with Crippen molar-refractivity contribution >= 4 is 0 Å². The Bertz CT molecular complexity index is 135. The van der Waals surface area contributed by atoms with E-state index in [0.717, 1.165) is 12.3 Å². The van der Waals surface area contributed by atoms with Crippen LogP contribution in [0.1, 0.15) is 45.4 Å². The minimum Gasteiger partial charge on any atom is -0.396 e. The van der Waals surface area contributed by atoms with E-state index >= 15 is 0 Å². The first-order valence-electron chi connectivity index (χ1n) is 5.42. The van der Waals surface area contributed by atoms with E-state index in [-0.39, 0.29) is 18.6 Å². The molecule has 0 amide bonds. The van der Waals surface area contributed by atoms with Crippen molar-refractivity contribution in [3.05, 3.63) is 0 Å². The minimum absolute atomic E-state index is 0.111. The molecule has 13 heavy (non-hydrogen) atoms. The Morgan fingerprint density at radius 1 is 1.08 bits per heavy atom. The van der Waals surface area contributed by atoms with Crippen LogP contribution in [0.5, 0.6) is 0 Å². The van der Waals surface area contributed by atoms with Crippen LogP contribution in [0.4, 0.5) is 0 Å². The van der Waals surface area contributed by atoms with Gasteiger partial charge in [-0.3, -0.25) is 0 Å². The normalized spacial score (nSPS) is 20.5. The largest absolute Gasteiger partial charge is 0.396 e. The van der Waals surface area contributed by atoms with Gasteiger partial charge in [0.2, 0.25) is 0 Å². The third kappa shape index (κ3) is 3.28. The SMILES string of the molecule is CC(CO)(CO)CC1CCCCC1. The summed E-state index contributed by atoms with van der Waals surface area (Å²) in [7, 11) is 0. The van der Waals surface area contributed by atoms with Crippen LogP contribution in [0.25, 0.3) is 0 Å². The molecule has 0 aromatic heterocycles. The quantitative estimate of drug-likeness (QED) is 0.704. The van der Waals surface area contributed by atoms with Crippen LogP contribution < -0.4 is 0 Å². The summed E-state index contributed by atoms with van der Waals surface area (Å²) in [6, 6.07) is 0. The van der Waals surface area contributed by atoms with Crippen LogP contribution in [0.3, 0.4) is 0 Å². The van der Waals surface area contributed by atoms with Gasteiger partial charge in [-0.25, -0.2) is 0 Å². The molecule has 2 heteroatoms. The highest BCUT2D eigenvalue weighted by Crippen LogP contribution is 2.34. The van der Waals surface area contributed by atoms with E-state index in [1.807, 2.05) is 6.92 Å². The summed E-state index contributed by atoms with van der Waals surface area (Å²) in [4.78, 5) is 0. The lowest BCUT2D eigenvalue weighted by molar-refractivity contribution is 0.0428. The molecule has 0 atom stereocenters. The third-order valence-electron chi connectivity index (χ3n) is 3.27. The Morgan fingerprint density at radius 2 is 1.62 bits per heavy atom. The maximum atomic E-state index is 9.16. The summed E-state index contributed by atoms with van der Waals surface area (Å²) in [6.07, 6.45) is 7.59. The van der Waals surface area contributed by atoms with Crippen LogP contribution >= 0.6 is 0 Å². The summed E-state index contributed by atoms with van der Waals surface area (Å²) in [5.41, 5.74) is -0.248. The van der Waals surface area contributed by atoms with Gasteiger partial charge in [-0.15, -0.1) is 0 Å². The average Bonchev–Trinajstić information content (AvgIpc) is 2.19. The van der Waals surface area contributed by atoms with Crippen LogP contribution in [-0.4, -0.2) is 23.4 Å². The molecule has 0 radical (unpaired) electrons. The molecule has 1 fully saturated rings. The van der Waals surface area contributed by atoms with Crippen LogP contribution in [-0.2, 0) is 0 Å². The number of aliphatic hydroxyl groups is 2. The lowest BCUT2D eigenvalue weighted by atomic mass is 9.76. The average molecular weight is 186 g/mol. The van der Waals surface area contributed by atoms with Crippen molar-refractivity contribution in [2.24, 2.45) is 11.3 Å². The lowest BCUT2D eigenvalue weighted by Crippen LogP contribution is -2.29. The topological polar surface area (TPSA) is 40.5 Å². The number of rotatable bonds is 4. The zero-order valence-electron chi connectivity index (χ0n) is 8.63. The number of hydrogen-bond acceptors (Lipinski definition) is 2. The molecule has 2 nitrogen and oxygen atoms in total. The molecule has 0 saturated heterocycles. The monoisotopic (exact) mass is 186 g/mol. The molecule has 0 spiro atoms. The van der Waals surface area contributed by atoms with Crippen LogP contribution in [0, 0.1) is 11.3 Å². The smallest absolute Gasteiger partial charge is 0.0506 e. The Morgan fingerprint density at radius 3 is 2.08 bits per heavy atom. The summed E-state index contributed by atoms with van der Waals surface area (Å²) in [6.45, 7) is 2.20. The first-order chi connectivity index (χ1) is 6.20. The zero-order valence-corrected chi connectivity index (χ0v) is 8.63. The molecular weight excluding hydrogens is 164 g/mol. The highest BCUT2D eigenvalue weighted by molar-refractivity contribution is 4.78. The molecule has 0 heterocycles. The summed E-state index contributed by atoms with van der Waals surface area (Å²) >= 11 is 0. The summed E-state index contributed by atoms with van der Waals surface area (Å²) in [5.74, 6) is 0.734. The first kappa shape index (κ1) is 11.0. The molecule has 2 N–H and O–H groups in total. The summed E-state index contributed by atoms with van der Waals surface area (Å²) in [5, 5.41) is 18.3. The Kier molecular flexibility index (Phi) is 4.20. The van der Waals surface area contributed by atoms with E-state index in [9.17, 15) is 0 Å². The predicted octanol–water partition coefficient (Wildman–Crippen LogP) is 1.95. The van der Waals surface area contributed by atoms with Crippen molar-refractivity contribution in [1.29, 1.82) is 0 Å². The Hall–Kier alpha value is -0.0800. The minimum atomic E-state index is -0.248. The third-order valence-corrected chi connectivity index (χ3v) is 3.27. The molecular formula is C11H22O2. The molecule has 0 aromatic rings. The van der Waals surface area contributed by atoms with E-state index in [0.29, 0.717) is 0 Å². The van der Waals surface area contributed by atoms with Gasteiger partial charge in [0, 0.05) is 5.41 Å². The second-order valence-corrected chi connectivity index (χ2v) is 4.84. The molecule has 1 rings (SSSR count). The van der Waals surface area contributed by atoms with E-state index in [4.69, 9.17) is 10.2 Å². The molecule has 0 aromatic carbocycles. The predicted molar refractivity (Wildman–Crippen MR) is 53.5 cm³/mol. The van der Waals surface area contributed by atoms with Crippen molar-refractivity contribution in [1.82, 2.24) is 0 Å². The zero-order chi connectivity index (χ0) is 9.73. The highest BCUT2D eigenvalue weighted by atomic mass is 16.3. The summed E-state index contributed by atoms with van der Waals surface area (Å²) < 4.78 is 0. The van der Waals surface area contributed by atoms with Gasteiger partial charge < -0.3 is 10.2 Å². The molecule has 1 aliphatic carbocycles. The van der Waals surface area contributed by atoms with Gasteiger partial charge in [0.05, 0.1) is 13.2 Å². The molecule has 0 aliphatic heterocycles. The second kappa shape index (κ2) is 4.97. The highest BCUT2D eigenvalue weighted by Gasteiger charge is 2.27. The fourth-order valence-electron chi connectivity index (χ4n) is 2.27. The van der Waals surface area contributed by atoms with E-state index in [1.165, 1.54) is 32.1 Å². The van der Waals surface area contributed by atoms with E-state index in [2.05, 4.69) is 0 Å². The lowest BCUT2D eigenvalue weighted by Gasteiger charge is -2.31. The fourth-order valence-corrected chi connectivity index (χ4v) is 2.27. The Balaban J connectivity index is 2.35. The van der Waals surface area contributed by atoms with Gasteiger partial charge >= 0.3 is 0 Å². The second-order valence-electron chi connectivity index (χ2n) is 4.84. The van der Waals surface area contributed by atoms with Crippen LogP contribution in [0.2, 0.25) is 0 Å². The standard InChI is InChI=1S/C11H22O2/c1-11(8-12,9-13)7-10-5-3-2-4-6-10/h10,12-13H,2-9H2,1H3. The Labute approximate surface area is 81.0 Å². The van der Waals surface area contributed by atoms with Gasteiger partial charge in [-0.2, -0.15) is 0 Å². The van der Waals surface area contributed by atoms with Gasteiger partial charge in [0.25, 0.3) is 0 Å². The van der Waals surface area contributed by atoms with Gasteiger partial charge in [-0.1, -0.05) is 39.0 Å². The van der Waals surface area contributed by atoms with E-state index in [1.54, 1.807) is 0 Å². The molecule has 78 valence electrons. The molecule has 0 unspecified atom stereocenters. The van der Waals surface area contributed by atoms with Crippen molar-refractivity contribution in [2.75, 3.05) is 13.2 Å². The number of aliphatic hydroxyl groups excluding tert-OH is 2. The molecule has 0 bridgehead atoms. The fraction of sp³-hybridized carbons (Fsp3) is 1.00. The molecule has 1 aliphatic rings. The number of hydrogen-bond donors (Lipinski definition) is 2. The van der Waals surface area contributed by atoms with Crippen molar-refractivity contribution in [3.63, 3.8) is 0 Å². The van der Waals surface area contributed by atoms with Gasteiger partial charge in [0.1, 0.15) is 0 Å². The van der Waals surface area contributed by atoms with Gasteiger partial charge in [0.15, 0.2) is 0 Å². The first-order valence-corrected chi connectivity index (χ1v) is 5.42.